The van der Waals surface area contributed by atoms with Crippen molar-refractivity contribution in [3.8, 4) is 0 Å². The summed E-state index contributed by atoms with van der Waals surface area (Å²) in [6.45, 7) is 0. The molecule has 1 unspecified atom stereocenters. The lowest BCUT2D eigenvalue weighted by molar-refractivity contribution is 0.807. The van der Waals surface area contributed by atoms with Gasteiger partial charge in [-0.15, -0.1) is 0 Å². The number of nitrogens with zero attached hydrogens (tertiary/aromatic N) is 1. The number of nitrogens with two attached hydrogens (primary N) is 3. The molecule has 0 spiro atoms. The molecular formula is C19H20N4. The zero-order valence-electron chi connectivity index (χ0n) is 12.8. The number of anilines is 3. The summed E-state index contributed by atoms with van der Waals surface area (Å²) < 4.78 is 0. The van der Waals surface area contributed by atoms with Crippen molar-refractivity contribution >= 4 is 17.3 Å². The quantitative estimate of drug-likeness (QED) is 0.690. The van der Waals surface area contributed by atoms with E-state index < -0.39 is 0 Å². The maximum Gasteiger partial charge on any atom is 0.149 e. The van der Waals surface area contributed by atoms with Crippen LogP contribution in [0.1, 0.15) is 22.6 Å². The van der Waals surface area contributed by atoms with E-state index in [9.17, 15) is 0 Å². The van der Waals surface area contributed by atoms with Crippen LogP contribution in [0.2, 0.25) is 0 Å². The molecule has 1 heterocycles. The predicted molar refractivity (Wildman–Crippen MR) is 95.9 cm³/mol. The highest BCUT2D eigenvalue weighted by Crippen LogP contribution is 2.35. The maximum atomic E-state index is 6.20. The normalized spacial score (nSPS) is 12.0. The van der Waals surface area contributed by atoms with Crippen LogP contribution in [0, 0.1) is 0 Å². The highest BCUT2D eigenvalue weighted by Gasteiger charge is 2.20. The summed E-state index contributed by atoms with van der Waals surface area (Å²) in [4.78, 5) is 4.05. The molecule has 0 aliphatic carbocycles. The summed E-state index contributed by atoms with van der Waals surface area (Å²) in [6.07, 6.45) is 0.817. The highest BCUT2D eigenvalue weighted by atomic mass is 14.9. The van der Waals surface area contributed by atoms with Crippen LogP contribution in [0.3, 0.4) is 0 Å². The van der Waals surface area contributed by atoms with Crippen LogP contribution in [0.25, 0.3) is 0 Å². The molecule has 4 heteroatoms. The van der Waals surface area contributed by atoms with Gasteiger partial charge < -0.3 is 17.2 Å². The summed E-state index contributed by atoms with van der Waals surface area (Å²) in [5.41, 5.74) is 21.8. The summed E-state index contributed by atoms with van der Waals surface area (Å²) in [5.74, 6) is 0.751. The topological polar surface area (TPSA) is 91.0 Å². The average molecular weight is 304 g/mol. The fraction of sp³-hybridized carbons (Fsp3) is 0.105. The van der Waals surface area contributed by atoms with E-state index in [0.717, 1.165) is 12.0 Å². The zero-order chi connectivity index (χ0) is 16.2. The Bertz CT molecular complexity index is 785. The molecule has 0 amide bonds. The van der Waals surface area contributed by atoms with Crippen LogP contribution >= 0.6 is 0 Å². The Hall–Kier alpha value is -3.01. The molecule has 3 aromatic rings. The van der Waals surface area contributed by atoms with Crippen molar-refractivity contribution in [3.63, 3.8) is 0 Å². The molecule has 0 aliphatic heterocycles. The van der Waals surface area contributed by atoms with E-state index in [-0.39, 0.29) is 11.7 Å². The van der Waals surface area contributed by atoms with Crippen LogP contribution in [0.5, 0.6) is 0 Å². The number of nitrogen functional groups attached to an aromatic ring is 3. The van der Waals surface area contributed by atoms with Crippen LogP contribution in [-0.2, 0) is 6.42 Å². The Morgan fingerprint density at radius 2 is 1.43 bits per heavy atom. The summed E-state index contributed by atoms with van der Waals surface area (Å²) >= 11 is 0. The Morgan fingerprint density at radius 3 is 2.09 bits per heavy atom. The maximum absolute atomic E-state index is 6.20. The van der Waals surface area contributed by atoms with E-state index in [1.807, 2.05) is 42.5 Å². The number of aromatic nitrogens is 1. The second-order valence-corrected chi connectivity index (χ2v) is 5.59. The van der Waals surface area contributed by atoms with Gasteiger partial charge in [-0.05, 0) is 29.2 Å². The first-order chi connectivity index (χ1) is 11.1. The summed E-state index contributed by atoms with van der Waals surface area (Å²) in [7, 11) is 0. The van der Waals surface area contributed by atoms with E-state index >= 15 is 0 Å². The van der Waals surface area contributed by atoms with Crippen molar-refractivity contribution in [1.82, 2.24) is 4.98 Å². The zero-order valence-corrected chi connectivity index (χ0v) is 12.8. The van der Waals surface area contributed by atoms with Crippen molar-refractivity contribution in [2.75, 3.05) is 17.2 Å². The molecule has 0 saturated carbocycles. The highest BCUT2D eigenvalue weighted by molar-refractivity contribution is 5.68. The minimum atomic E-state index is 0.0752. The van der Waals surface area contributed by atoms with Gasteiger partial charge in [0.15, 0.2) is 0 Å². The third kappa shape index (κ3) is 3.26. The molecule has 23 heavy (non-hydrogen) atoms. The van der Waals surface area contributed by atoms with E-state index in [1.54, 1.807) is 0 Å². The van der Waals surface area contributed by atoms with Gasteiger partial charge >= 0.3 is 0 Å². The predicted octanol–water partition coefficient (Wildman–Crippen LogP) is 3.20. The minimum Gasteiger partial charge on any atom is -0.396 e. The van der Waals surface area contributed by atoms with E-state index in [2.05, 4.69) is 29.2 Å². The molecule has 6 N–H and O–H groups in total. The molecule has 0 fully saturated rings. The van der Waals surface area contributed by atoms with Gasteiger partial charge in [0.05, 0.1) is 5.69 Å². The van der Waals surface area contributed by atoms with Gasteiger partial charge in [0.25, 0.3) is 0 Å². The van der Waals surface area contributed by atoms with Gasteiger partial charge in [-0.3, -0.25) is 0 Å². The standard InChI is InChI=1S/C19H20N4/c20-17-12-16(18(21)19(22)23-17)15(14-9-5-2-6-10-14)11-13-7-3-1-4-8-13/h1-10,12,15H,11,21H2,(H4,20,22,23). The van der Waals surface area contributed by atoms with Crippen LogP contribution in [-0.4, -0.2) is 4.98 Å². The second-order valence-electron chi connectivity index (χ2n) is 5.59. The third-order valence-electron chi connectivity index (χ3n) is 4.00. The van der Waals surface area contributed by atoms with Gasteiger partial charge in [0.1, 0.15) is 11.6 Å². The molecule has 3 rings (SSSR count). The van der Waals surface area contributed by atoms with Crippen molar-refractivity contribution in [3.05, 3.63) is 83.4 Å². The molecule has 116 valence electrons. The average Bonchev–Trinajstić information content (AvgIpc) is 2.58. The molecule has 0 saturated heterocycles. The van der Waals surface area contributed by atoms with Gasteiger partial charge in [0, 0.05) is 5.92 Å². The van der Waals surface area contributed by atoms with Crippen LogP contribution in [0.4, 0.5) is 17.3 Å². The van der Waals surface area contributed by atoms with Crippen molar-refractivity contribution < 1.29 is 0 Å². The van der Waals surface area contributed by atoms with E-state index in [4.69, 9.17) is 17.2 Å². The monoisotopic (exact) mass is 304 g/mol. The van der Waals surface area contributed by atoms with Crippen molar-refractivity contribution in [1.29, 1.82) is 0 Å². The molecule has 0 aliphatic rings. The molecule has 0 bridgehead atoms. The van der Waals surface area contributed by atoms with Crippen LogP contribution in [0.15, 0.2) is 66.7 Å². The van der Waals surface area contributed by atoms with Gasteiger partial charge in [-0.2, -0.15) is 0 Å². The van der Waals surface area contributed by atoms with Crippen molar-refractivity contribution in [2.24, 2.45) is 0 Å². The second kappa shape index (κ2) is 6.40. The Morgan fingerprint density at radius 1 is 0.826 bits per heavy atom. The van der Waals surface area contributed by atoms with E-state index in [1.165, 1.54) is 11.1 Å². The molecule has 1 atom stereocenters. The van der Waals surface area contributed by atoms with Gasteiger partial charge in [-0.1, -0.05) is 60.7 Å². The van der Waals surface area contributed by atoms with Gasteiger partial charge in [0.2, 0.25) is 0 Å². The lowest BCUT2D eigenvalue weighted by atomic mass is 9.85. The molecule has 1 aromatic heterocycles. The number of hydrogen-bond donors (Lipinski definition) is 3. The largest absolute Gasteiger partial charge is 0.396 e. The first kappa shape index (κ1) is 14.9. The van der Waals surface area contributed by atoms with Gasteiger partial charge in [-0.25, -0.2) is 4.98 Å². The first-order valence-electron chi connectivity index (χ1n) is 7.55. The summed E-state index contributed by atoms with van der Waals surface area (Å²) in [5, 5.41) is 0. The van der Waals surface area contributed by atoms with Crippen LogP contribution < -0.4 is 17.2 Å². The lowest BCUT2D eigenvalue weighted by Gasteiger charge is -2.21. The molecule has 2 aromatic carbocycles. The number of hydrogen-bond acceptors (Lipinski definition) is 4. The Labute approximate surface area is 136 Å². The fourth-order valence-corrected chi connectivity index (χ4v) is 2.85. The third-order valence-corrected chi connectivity index (χ3v) is 4.00. The fourth-order valence-electron chi connectivity index (χ4n) is 2.85. The lowest BCUT2D eigenvalue weighted by Crippen LogP contribution is -2.12. The smallest absolute Gasteiger partial charge is 0.149 e. The molecule has 4 nitrogen and oxygen atoms in total. The first-order valence-corrected chi connectivity index (χ1v) is 7.55. The van der Waals surface area contributed by atoms with Crippen molar-refractivity contribution in [2.45, 2.75) is 12.3 Å². The molecular weight excluding hydrogens is 284 g/mol. The number of rotatable bonds is 4. The Balaban J connectivity index is 2.09. The molecule has 0 radical (unpaired) electrons. The minimum absolute atomic E-state index is 0.0752. The SMILES string of the molecule is Nc1cc(C(Cc2ccccc2)c2ccccc2)c(N)c(N)n1. The van der Waals surface area contributed by atoms with E-state index in [0.29, 0.717) is 11.5 Å². The summed E-state index contributed by atoms with van der Waals surface area (Å²) in [6, 6.07) is 22.4. The Kier molecular flexibility index (Phi) is 4.15. The number of benzene rings is 2. The number of pyridine rings is 1.